The number of anilines is 1. The summed E-state index contributed by atoms with van der Waals surface area (Å²) in [6.45, 7) is 0. The number of rotatable bonds is 3. The van der Waals surface area contributed by atoms with Crippen LogP contribution in [0.15, 0.2) is 107 Å². The number of carbonyl (C=O) groups is 1. The Labute approximate surface area is 205 Å². The first-order valence-electron chi connectivity index (χ1n) is 11.2. The van der Waals surface area contributed by atoms with Crippen LogP contribution in [0.3, 0.4) is 0 Å². The Kier molecular flexibility index (Phi) is 5.19. The lowest BCUT2D eigenvalue weighted by Crippen LogP contribution is -2.61. The quantitative estimate of drug-likeness (QED) is 0.299. The molecule has 0 aliphatic carbocycles. The van der Waals surface area contributed by atoms with Gasteiger partial charge in [-0.25, -0.2) is 4.90 Å². The molecule has 170 valence electrons. The van der Waals surface area contributed by atoms with E-state index in [-0.39, 0.29) is 11.5 Å². The van der Waals surface area contributed by atoms with Gasteiger partial charge in [-0.3, -0.25) is 14.6 Å². The molecule has 1 aromatic heterocycles. The Morgan fingerprint density at radius 2 is 1.63 bits per heavy atom. The van der Waals surface area contributed by atoms with E-state index >= 15 is 0 Å². The summed E-state index contributed by atoms with van der Waals surface area (Å²) in [6, 6.07) is 30.8. The molecule has 0 saturated carbocycles. The summed E-state index contributed by atoms with van der Waals surface area (Å²) in [5.41, 5.74) is 2.96. The molecule has 6 rings (SSSR count). The van der Waals surface area contributed by atoms with Gasteiger partial charge in [-0.05, 0) is 52.0 Å². The van der Waals surface area contributed by atoms with Crippen molar-refractivity contribution in [3.8, 4) is 11.3 Å². The number of fused-ring (bicyclic) bond motifs is 4. The molecule has 0 radical (unpaired) electrons. The maximum absolute atomic E-state index is 14.1. The molecule has 0 fully saturated rings. The van der Waals surface area contributed by atoms with Gasteiger partial charge in [-0.15, -0.1) is 0 Å². The number of hydrogen-bond acceptors (Lipinski definition) is 4. The van der Waals surface area contributed by atoms with E-state index in [1.807, 2.05) is 103 Å². The molecule has 2 heterocycles. The van der Waals surface area contributed by atoms with Crippen LogP contribution in [0.25, 0.3) is 22.0 Å². The average molecular weight is 478 g/mol. The largest absolute Gasteiger partial charge is 0.325 e. The summed E-state index contributed by atoms with van der Waals surface area (Å²) < 4.78 is 1.70. The number of para-hydroxylation sites is 1. The number of benzene rings is 4. The van der Waals surface area contributed by atoms with Gasteiger partial charge in [-0.1, -0.05) is 78.5 Å². The molecule has 1 aliphatic heterocycles. The number of amides is 1. The zero-order valence-electron chi connectivity index (χ0n) is 18.9. The van der Waals surface area contributed by atoms with E-state index in [1.54, 1.807) is 9.58 Å². The van der Waals surface area contributed by atoms with Crippen molar-refractivity contribution in [3.05, 3.63) is 119 Å². The van der Waals surface area contributed by atoms with Crippen LogP contribution < -0.4 is 15.1 Å². The van der Waals surface area contributed by atoms with E-state index in [9.17, 15) is 9.59 Å². The smallest absolute Gasteiger partial charge is 0.291 e. The Bertz CT molecular complexity index is 1640. The number of nitrogens with zero attached hydrogens (tertiary/aromatic N) is 3. The van der Waals surface area contributed by atoms with Crippen LogP contribution >= 0.6 is 11.8 Å². The predicted octanol–water partition coefficient (Wildman–Crippen LogP) is 4.81. The Balaban J connectivity index is 1.72. The topological polar surface area (TPSA) is 69.9 Å². The predicted molar refractivity (Wildman–Crippen MR) is 138 cm³/mol. The van der Waals surface area contributed by atoms with Crippen LogP contribution in [0.1, 0.15) is 22.1 Å². The highest BCUT2D eigenvalue weighted by molar-refractivity contribution is 7.98. The van der Waals surface area contributed by atoms with E-state index in [1.165, 1.54) is 11.8 Å². The van der Waals surface area contributed by atoms with Crippen LogP contribution in [0.4, 0.5) is 5.69 Å². The fraction of sp³-hybridized carbons (Fsp3) is 0.0714. The molecule has 0 unspecified atom stereocenters. The van der Waals surface area contributed by atoms with Crippen LogP contribution in [-0.4, -0.2) is 22.2 Å². The number of H-pyrrole nitrogens is 1. The minimum Gasteiger partial charge on any atom is -0.291 e. The summed E-state index contributed by atoms with van der Waals surface area (Å²) in [5.74, 6) is -0.165. The van der Waals surface area contributed by atoms with Gasteiger partial charge >= 0.3 is 11.3 Å². The SMILES string of the molecule is CSc1n[n+]2c(c(=O)[nH]1)-c1ccccc1N(C(=O)c1ccccc1)[C@H]2c1cccc2ccccc12. The molecule has 4 aromatic carbocycles. The second-order valence-electron chi connectivity index (χ2n) is 8.26. The van der Waals surface area contributed by atoms with E-state index in [4.69, 9.17) is 5.10 Å². The number of aromatic amines is 1. The van der Waals surface area contributed by atoms with Gasteiger partial charge in [-0.2, -0.15) is 0 Å². The van der Waals surface area contributed by atoms with Gasteiger partial charge in [0.1, 0.15) is 0 Å². The van der Waals surface area contributed by atoms with Gasteiger partial charge in [0.25, 0.3) is 12.1 Å². The minimum atomic E-state index is -0.660. The minimum absolute atomic E-state index is 0.165. The first-order chi connectivity index (χ1) is 17.2. The van der Waals surface area contributed by atoms with Crippen LogP contribution in [0, 0.1) is 0 Å². The van der Waals surface area contributed by atoms with Crippen molar-refractivity contribution in [1.82, 2.24) is 10.1 Å². The van der Waals surface area contributed by atoms with Crippen LogP contribution in [-0.2, 0) is 0 Å². The van der Waals surface area contributed by atoms with Gasteiger partial charge < -0.3 is 0 Å². The van der Waals surface area contributed by atoms with Crippen LogP contribution in [0.5, 0.6) is 0 Å². The van der Waals surface area contributed by atoms with Crippen molar-refractivity contribution >= 4 is 34.1 Å². The zero-order chi connectivity index (χ0) is 23.9. The van der Waals surface area contributed by atoms with Crippen molar-refractivity contribution in [3.63, 3.8) is 0 Å². The standard InChI is InChI=1S/C28H20N4O2S/c1-35-28-29-25(33)24-22-15-7-8-17-23(22)31(27(34)19-11-3-2-4-12-19)26(32(24)30-28)21-16-9-13-18-10-5-6-14-20(18)21/h2-17,26H,1H3/p+1/t26-/m1/s1. The highest BCUT2D eigenvalue weighted by Crippen LogP contribution is 2.39. The van der Waals surface area contributed by atoms with Crippen molar-refractivity contribution in [2.24, 2.45) is 0 Å². The maximum Gasteiger partial charge on any atom is 0.325 e. The fourth-order valence-corrected chi connectivity index (χ4v) is 5.12. The Morgan fingerprint density at radius 1 is 0.914 bits per heavy atom. The van der Waals surface area contributed by atoms with Gasteiger partial charge in [0.15, 0.2) is 0 Å². The monoisotopic (exact) mass is 477 g/mol. The van der Waals surface area contributed by atoms with E-state index < -0.39 is 6.17 Å². The third-order valence-corrected chi connectivity index (χ3v) is 6.86. The molecule has 0 spiro atoms. The first kappa shape index (κ1) is 21.3. The summed E-state index contributed by atoms with van der Waals surface area (Å²) in [7, 11) is 0. The van der Waals surface area contributed by atoms with Crippen molar-refractivity contribution in [2.75, 3.05) is 11.2 Å². The van der Waals surface area contributed by atoms with Crippen molar-refractivity contribution in [2.45, 2.75) is 11.3 Å². The van der Waals surface area contributed by atoms with Crippen LogP contribution in [0.2, 0.25) is 0 Å². The molecule has 0 saturated heterocycles. The third-order valence-electron chi connectivity index (χ3n) is 6.29. The summed E-state index contributed by atoms with van der Waals surface area (Å²) >= 11 is 1.35. The molecular formula is C28H21N4O2S+. The van der Waals surface area contributed by atoms with Gasteiger partial charge in [0.05, 0.1) is 16.8 Å². The molecule has 7 heteroatoms. The highest BCUT2D eigenvalue weighted by atomic mass is 32.2. The third kappa shape index (κ3) is 3.43. The first-order valence-corrected chi connectivity index (χ1v) is 12.5. The number of carbonyl (C=O) groups excluding carboxylic acids is 1. The van der Waals surface area contributed by atoms with Crippen molar-refractivity contribution < 1.29 is 9.48 Å². The molecule has 6 nitrogen and oxygen atoms in total. The number of nitrogens with one attached hydrogen (secondary N) is 1. The van der Waals surface area contributed by atoms with Crippen molar-refractivity contribution in [1.29, 1.82) is 0 Å². The van der Waals surface area contributed by atoms with E-state index in [2.05, 4.69) is 4.98 Å². The Hall–Kier alpha value is -4.23. The summed E-state index contributed by atoms with van der Waals surface area (Å²) in [6.07, 6.45) is 1.20. The molecule has 1 aliphatic rings. The lowest BCUT2D eigenvalue weighted by atomic mass is 9.97. The van der Waals surface area contributed by atoms with E-state index in [0.29, 0.717) is 27.7 Å². The number of thioether (sulfide) groups is 1. The lowest BCUT2D eigenvalue weighted by molar-refractivity contribution is -0.762. The molecule has 1 amide bonds. The number of aromatic nitrogens is 3. The lowest BCUT2D eigenvalue weighted by Gasteiger charge is -2.32. The second kappa shape index (κ2) is 8.52. The summed E-state index contributed by atoms with van der Waals surface area (Å²) in [4.78, 5) is 32.1. The fourth-order valence-electron chi connectivity index (χ4n) is 4.76. The second-order valence-corrected chi connectivity index (χ2v) is 9.05. The zero-order valence-corrected chi connectivity index (χ0v) is 19.7. The molecule has 1 atom stereocenters. The maximum atomic E-state index is 14.1. The molecule has 1 N–H and O–H groups in total. The highest BCUT2D eigenvalue weighted by Gasteiger charge is 2.46. The van der Waals surface area contributed by atoms with Gasteiger partial charge in [0, 0.05) is 10.7 Å². The molecule has 35 heavy (non-hydrogen) atoms. The molecule has 5 aromatic rings. The number of hydrogen-bond donors (Lipinski definition) is 1. The normalized spacial score (nSPS) is 14.4. The molecule has 0 bridgehead atoms. The van der Waals surface area contributed by atoms with E-state index in [0.717, 1.165) is 16.3 Å². The molecular weight excluding hydrogens is 456 g/mol. The van der Waals surface area contributed by atoms with Gasteiger partial charge in [0.2, 0.25) is 5.16 Å². The average Bonchev–Trinajstić information content (AvgIpc) is 2.91. The summed E-state index contributed by atoms with van der Waals surface area (Å²) in [5, 5.41) is 7.34. The Morgan fingerprint density at radius 3 is 2.46 bits per heavy atom.